The first-order valence-corrected chi connectivity index (χ1v) is 14.7. The lowest BCUT2D eigenvalue weighted by atomic mass is 10.0. The highest BCUT2D eigenvalue weighted by Crippen LogP contribution is 2.34. The maximum atomic E-state index is 11.0. The summed E-state index contributed by atoms with van der Waals surface area (Å²) >= 11 is 0. The fourth-order valence-corrected chi connectivity index (χ4v) is 5.08. The zero-order valence-electron chi connectivity index (χ0n) is 24.8. The van der Waals surface area contributed by atoms with E-state index in [1.807, 2.05) is 12.1 Å². The highest BCUT2D eigenvalue weighted by Gasteiger charge is 2.17. The van der Waals surface area contributed by atoms with Gasteiger partial charge in [-0.2, -0.15) is 0 Å². The van der Waals surface area contributed by atoms with Crippen molar-refractivity contribution in [2.24, 2.45) is 0 Å². The molecule has 3 aromatic carbocycles. The Labute approximate surface area is 239 Å². The summed E-state index contributed by atoms with van der Waals surface area (Å²) in [6.07, 6.45) is 10.0. The van der Waals surface area contributed by atoms with Gasteiger partial charge in [-0.05, 0) is 57.4 Å². The molecule has 0 radical (unpaired) electrons. The van der Waals surface area contributed by atoms with E-state index in [1.54, 1.807) is 6.07 Å². The van der Waals surface area contributed by atoms with Crippen LogP contribution in [-0.2, 0) is 0 Å². The molecule has 1 heterocycles. The molecule has 0 unspecified atom stereocenters. The molecule has 0 atom stereocenters. The number of phenols is 1. The molecule has 4 aromatic rings. The summed E-state index contributed by atoms with van der Waals surface area (Å²) in [4.78, 5) is 14.5. The smallest absolute Gasteiger partial charge is 0.167 e. The van der Waals surface area contributed by atoms with E-state index in [0.717, 1.165) is 28.7 Å². The predicted octanol–water partition coefficient (Wildman–Crippen LogP) is 9.33. The van der Waals surface area contributed by atoms with Crippen molar-refractivity contribution in [2.45, 2.75) is 86.0 Å². The van der Waals surface area contributed by atoms with Crippen molar-refractivity contribution in [1.82, 2.24) is 15.0 Å². The third-order valence-electron chi connectivity index (χ3n) is 7.36. The van der Waals surface area contributed by atoms with Crippen LogP contribution >= 0.6 is 0 Å². The van der Waals surface area contributed by atoms with Gasteiger partial charge in [0.15, 0.2) is 17.5 Å². The molecule has 5 heteroatoms. The van der Waals surface area contributed by atoms with E-state index in [0.29, 0.717) is 35.4 Å². The van der Waals surface area contributed by atoms with Crippen LogP contribution in [0.2, 0.25) is 0 Å². The van der Waals surface area contributed by atoms with Crippen LogP contribution in [-0.4, -0.2) is 26.7 Å². The highest BCUT2D eigenvalue weighted by atomic mass is 16.5. The van der Waals surface area contributed by atoms with Gasteiger partial charge in [0.1, 0.15) is 11.5 Å². The fourth-order valence-electron chi connectivity index (χ4n) is 5.08. The fraction of sp³-hybridized carbons (Fsp3) is 0.400. The topological polar surface area (TPSA) is 68.1 Å². The molecule has 40 heavy (non-hydrogen) atoms. The molecule has 0 spiro atoms. The van der Waals surface area contributed by atoms with Gasteiger partial charge in [-0.3, -0.25) is 0 Å². The van der Waals surface area contributed by atoms with Crippen LogP contribution in [0, 0.1) is 27.7 Å². The second-order valence-electron chi connectivity index (χ2n) is 10.9. The van der Waals surface area contributed by atoms with Gasteiger partial charge in [0, 0.05) is 17.2 Å². The number of nitrogens with zero attached hydrogens (tertiary/aromatic N) is 3. The Morgan fingerprint density at radius 2 is 1.05 bits per heavy atom. The number of rotatable bonds is 13. The number of hydrogen-bond acceptors (Lipinski definition) is 5. The van der Waals surface area contributed by atoms with Crippen LogP contribution in [0.3, 0.4) is 0 Å². The van der Waals surface area contributed by atoms with E-state index >= 15 is 0 Å². The van der Waals surface area contributed by atoms with Crippen LogP contribution in [0.25, 0.3) is 34.2 Å². The van der Waals surface area contributed by atoms with Gasteiger partial charge >= 0.3 is 0 Å². The van der Waals surface area contributed by atoms with Gasteiger partial charge in [0.05, 0.1) is 12.2 Å². The van der Waals surface area contributed by atoms with Crippen LogP contribution in [0.4, 0.5) is 0 Å². The summed E-state index contributed by atoms with van der Waals surface area (Å²) in [5.74, 6) is 2.37. The van der Waals surface area contributed by atoms with Crippen LogP contribution in [0.5, 0.6) is 11.5 Å². The normalized spacial score (nSPS) is 11.1. The third kappa shape index (κ3) is 7.68. The van der Waals surface area contributed by atoms with Gasteiger partial charge in [-0.15, -0.1) is 0 Å². The Bertz CT molecular complexity index is 1360. The molecular formula is C35H43N3O2. The first kappa shape index (κ1) is 29.3. The number of hydrogen-bond donors (Lipinski definition) is 1. The van der Waals surface area contributed by atoms with Crippen molar-refractivity contribution in [3.63, 3.8) is 0 Å². The lowest BCUT2D eigenvalue weighted by Gasteiger charge is -2.13. The predicted molar refractivity (Wildman–Crippen MR) is 165 cm³/mol. The van der Waals surface area contributed by atoms with E-state index < -0.39 is 0 Å². The number of aromatic nitrogens is 3. The zero-order valence-corrected chi connectivity index (χ0v) is 24.8. The van der Waals surface area contributed by atoms with Crippen molar-refractivity contribution in [3.05, 3.63) is 76.9 Å². The Morgan fingerprint density at radius 1 is 0.575 bits per heavy atom. The molecule has 0 saturated heterocycles. The quantitative estimate of drug-likeness (QED) is 0.172. The zero-order chi connectivity index (χ0) is 28.5. The van der Waals surface area contributed by atoms with Crippen LogP contribution in [0.1, 0.15) is 80.5 Å². The Balaban J connectivity index is 1.56. The monoisotopic (exact) mass is 537 g/mol. The van der Waals surface area contributed by atoms with Gasteiger partial charge in [0.2, 0.25) is 0 Å². The Kier molecular flexibility index (Phi) is 10.3. The number of unbranched alkanes of at least 4 members (excludes halogenated alkanes) is 7. The number of aryl methyl sites for hydroxylation is 4. The minimum absolute atomic E-state index is 0.0952. The summed E-state index contributed by atoms with van der Waals surface area (Å²) in [6, 6.07) is 17.9. The molecule has 0 aliphatic carbocycles. The summed E-state index contributed by atoms with van der Waals surface area (Å²) in [7, 11) is 0. The van der Waals surface area contributed by atoms with Gasteiger partial charge in [0.25, 0.3) is 0 Å². The van der Waals surface area contributed by atoms with Crippen molar-refractivity contribution >= 4 is 0 Å². The van der Waals surface area contributed by atoms with E-state index in [-0.39, 0.29) is 5.75 Å². The molecule has 0 aliphatic rings. The van der Waals surface area contributed by atoms with Crippen molar-refractivity contribution in [3.8, 4) is 45.7 Å². The second-order valence-corrected chi connectivity index (χ2v) is 10.9. The first-order valence-electron chi connectivity index (χ1n) is 14.7. The summed E-state index contributed by atoms with van der Waals surface area (Å²) in [5, 5.41) is 11.0. The number of phenolic OH excluding ortho intramolecular Hbond substituents is 1. The Hall–Kier alpha value is -3.73. The first-order chi connectivity index (χ1) is 19.4. The summed E-state index contributed by atoms with van der Waals surface area (Å²) < 4.78 is 5.95. The molecule has 0 fully saturated rings. The maximum Gasteiger partial charge on any atom is 0.167 e. The van der Waals surface area contributed by atoms with Crippen LogP contribution in [0.15, 0.2) is 54.6 Å². The van der Waals surface area contributed by atoms with E-state index in [2.05, 4.69) is 71.0 Å². The van der Waals surface area contributed by atoms with Gasteiger partial charge in [-0.25, -0.2) is 15.0 Å². The molecule has 0 amide bonds. The molecular weight excluding hydrogens is 494 g/mol. The van der Waals surface area contributed by atoms with E-state index in [1.165, 1.54) is 56.1 Å². The second kappa shape index (κ2) is 14.1. The molecule has 4 rings (SSSR count). The molecule has 0 saturated carbocycles. The highest BCUT2D eigenvalue weighted by molar-refractivity contribution is 5.72. The molecule has 0 aliphatic heterocycles. The SMILES string of the molecule is CCCCCCCCCCOc1ccc(-c2nc(-c3ccc(C)cc3C)nc(-c3ccc(C)cc3C)n2)c(O)c1. The molecule has 5 nitrogen and oxygen atoms in total. The maximum absolute atomic E-state index is 11.0. The lowest BCUT2D eigenvalue weighted by Crippen LogP contribution is -2.02. The molecule has 210 valence electrons. The van der Waals surface area contributed by atoms with Gasteiger partial charge < -0.3 is 9.84 Å². The minimum atomic E-state index is 0.0952. The van der Waals surface area contributed by atoms with Crippen molar-refractivity contribution in [2.75, 3.05) is 6.61 Å². The summed E-state index contributed by atoms with van der Waals surface area (Å²) in [5.41, 5.74) is 7.01. The Morgan fingerprint density at radius 3 is 1.55 bits per heavy atom. The molecule has 1 N–H and O–H groups in total. The standard InChI is InChI=1S/C35H43N3O2/c1-6-7-8-9-10-11-12-13-20-40-28-16-19-31(32(39)23-28)35-37-33(29-17-14-24(2)21-26(29)4)36-34(38-35)30-18-15-25(3)22-27(30)5/h14-19,21-23,39H,6-13,20H2,1-5H3. The average molecular weight is 538 g/mol. The molecule has 0 bridgehead atoms. The lowest BCUT2D eigenvalue weighted by molar-refractivity contribution is 0.302. The number of ether oxygens (including phenoxy) is 1. The minimum Gasteiger partial charge on any atom is -0.507 e. The number of benzene rings is 3. The third-order valence-corrected chi connectivity index (χ3v) is 7.36. The largest absolute Gasteiger partial charge is 0.507 e. The van der Waals surface area contributed by atoms with E-state index in [4.69, 9.17) is 19.7 Å². The van der Waals surface area contributed by atoms with Crippen LogP contribution < -0.4 is 4.74 Å². The van der Waals surface area contributed by atoms with Crippen molar-refractivity contribution in [1.29, 1.82) is 0 Å². The average Bonchev–Trinajstić information content (AvgIpc) is 2.92. The molecule has 1 aromatic heterocycles. The van der Waals surface area contributed by atoms with Crippen molar-refractivity contribution < 1.29 is 9.84 Å². The van der Waals surface area contributed by atoms with Gasteiger partial charge in [-0.1, -0.05) is 99.4 Å². The summed E-state index contributed by atoms with van der Waals surface area (Å²) in [6.45, 7) is 11.2. The van der Waals surface area contributed by atoms with E-state index in [9.17, 15) is 5.11 Å². The number of aromatic hydroxyl groups is 1.